The summed E-state index contributed by atoms with van der Waals surface area (Å²) in [4.78, 5) is 7.97. The summed E-state index contributed by atoms with van der Waals surface area (Å²) in [5.74, 6) is 0.978. The number of rotatable bonds is 6. The minimum Gasteiger partial charge on any atom is -0.468 e. The summed E-state index contributed by atoms with van der Waals surface area (Å²) < 4.78 is 40.5. The quantitative estimate of drug-likeness (QED) is 0.623. The van der Waals surface area contributed by atoms with E-state index in [0.29, 0.717) is 18.4 Å². The lowest BCUT2D eigenvalue weighted by molar-refractivity contribution is -0.154. The molecule has 3 N–H and O–H groups in total. The first-order chi connectivity index (χ1) is 10.4. The number of aromatic nitrogens is 1. The van der Waals surface area contributed by atoms with Gasteiger partial charge in [-0.25, -0.2) is 9.98 Å². The van der Waals surface area contributed by atoms with Gasteiger partial charge in [-0.15, -0.1) is 0 Å². The second kappa shape index (κ2) is 7.33. The molecule has 2 rings (SSSR count). The minimum atomic E-state index is -4.37. The molecular weight excluding hydrogens is 297 g/mol. The lowest BCUT2D eigenvalue weighted by Crippen LogP contribution is -2.37. The molecule has 0 radical (unpaired) electrons. The summed E-state index contributed by atoms with van der Waals surface area (Å²) in [6, 6.07) is 3.00. The number of pyridine rings is 1. The van der Waals surface area contributed by atoms with Crippen LogP contribution < -0.4 is 15.8 Å². The zero-order valence-corrected chi connectivity index (χ0v) is 12.1. The summed E-state index contributed by atoms with van der Waals surface area (Å²) in [5, 5.41) is 3.06. The van der Waals surface area contributed by atoms with Crippen molar-refractivity contribution in [3.05, 3.63) is 23.9 Å². The van der Waals surface area contributed by atoms with Crippen LogP contribution in [0.25, 0.3) is 0 Å². The zero-order chi connectivity index (χ0) is 16.0. The number of nitrogens with one attached hydrogen (secondary N) is 1. The molecule has 1 heterocycles. The van der Waals surface area contributed by atoms with Crippen LogP contribution in [0.2, 0.25) is 0 Å². The maximum Gasteiger partial charge on any atom is 0.422 e. The van der Waals surface area contributed by atoms with E-state index in [0.717, 1.165) is 12.1 Å². The largest absolute Gasteiger partial charge is 0.468 e. The van der Waals surface area contributed by atoms with Crippen molar-refractivity contribution < 1.29 is 17.9 Å². The van der Waals surface area contributed by atoms with E-state index in [4.69, 9.17) is 5.73 Å². The Balaban J connectivity index is 1.75. The van der Waals surface area contributed by atoms with E-state index < -0.39 is 12.8 Å². The van der Waals surface area contributed by atoms with E-state index in [-0.39, 0.29) is 5.88 Å². The Morgan fingerprint density at radius 3 is 2.73 bits per heavy atom. The van der Waals surface area contributed by atoms with E-state index >= 15 is 0 Å². The van der Waals surface area contributed by atoms with Crippen molar-refractivity contribution in [2.75, 3.05) is 13.2 Å². The Bertz CT molecular complexity index is 498. The molecule has 1 aliphatic carbocycles. The Hall–Kier alpha value is -1.99. The molecule has 8 heteroatoms. The molecule has 0 amide bonds. The van der Waals surface area contributed by atoms with E-state index in [1.54, 1.807) is 6.07 Å². The highest BCUT2D eigenvalue weighted by atomic mass is 19.4. The molecule has 1 aromatic heterocycles. The fraction of sp³-hybridized carbons (Fsp3) is 0.571. The highest BCUT2D eigenvalue weighted by molar-refractivity contribution is 5.77. The van der Waals surface area contributed by atoms with Crippen LogP contribution >= 0.6 is 0 Å². The number of hydrogen-bond acceptors (Lipinski definition) is 3. The molecule has 22 heavy (non-hydrogen) atoms. The molecule has 1 aliphatic rings. The van der Waals surface area contributed by atoms with Gasteiger partial charge in [-0.3, -0.25) is 0 Å². The van der Waals surface area contributed by atoms with Gasteiger partial charge >= 0.3 is 6.18 Å². The van der Waals surface area contributed by atoms with Gasteiger partial charge in [0.15, 0.2) is 12.6 Å². The number of hydrogen-bond donors (Lipinski definition) is 2. The molecule has 5 nitrogen and oxygen atoms in total. The smallest absolute Gasteiger partial charge is 0.422 e. The van der Waals surface area contributed by atoms with Crippen LogP contribution in [-0.2, 0) is 6.54 Å². The standard InChI is InChI=1S/C14H19F3N4O/c15-14(16,17)9-22-12-5-4-11(7-19-12)8-21-13(18)20-6-10-2-1-3-10/h4-5,7,10H,1-3,6,8-9H2,(H3,18,20,21). The number of ether oxygens (including phenoxy) is 1. The number of aliphatic imine (C=N–C) groups is 1. The maximum atomic E-state index is 12.0. The Labute approximate surface area is 126 Å². The molecule has 0 bridgehead atoms. The van der Waals surface area contributed by atoms with E-state index in [1.165, 1.54) is 31.5 Å². The molecule has 0 spiro atoms. The lowest BCUT2D eigenvalue weighted by Gasteiger charge is -2.25. The summed E-state index contributed by atoms with van der Waals surface area (Å²) in [5.41, 5.74) is 6.49. The number of nitrogens with zero attached hydrogens (tertiary/aromatic N) is 2. The highest BCUT2D eigenvalue weighted by Gasteiger charge is 2.28. The normalized spacial score (nSPS) is 16.2. The third kappa shape index (κ3) is 5.79. The van der Waals surface area contributed by atoms with Gasteiger partial charge in [-0.2, -0.15) is 13.2 Å². The average Bonchev–Trinajstić information content (AvgIpc) is 2.41. The van der Waals surface area contributed by atoms with Crippen LogP contribution in [0.5, 0.6) is 5.88 Å². The van der Waals surface area contributed by atoms with Gasteiger partial charge in [0, 0.05) is 18.8 Å². The van der Waals surface area contributed by atoms with Gasteiger partial charge < -0.3 is 15.8 Å². The number of halogens is 3. The van der Waals surface area contributed by atoms with Crippen LogP contribution in [0, 0.1) is 5.92 Å². The van der Waals surface area contributed by atoms with Crippen molar-refractivity contribution in [2.24, 2.45) is 16.6 Å². The van der Waals surface area contributed by atoms with E-state index in [9.17, 15) is 13.2 Å². The van der Waals surface area contributed by atoms with Crippen molar-refractivity contribution in [1.29, 1.82) is 0 Å². The first-order valence-corrected chi connectivity index (χ1v) is 7.10. The number of guanidine groups is 1. The highest BCUT2D eigenvalue weighted by Crippen LogP contribution is 2.25. The lowest BCUT2D eigenvalue weighted by atomic mass is 9.85. The molecule has 0 atom stereocenters. The van der Waals surface area contributed by atoms with E-state index in [1.807, 2.05) is 0 Å². The average molecular weight is 316 g/mol. The minimum absolute atomic E-state index is 0.0684. The summed E-state index contributed by atoms with van der Waals surface area (Å²) >= 11 is 0. The third-order valence-corrected chi connectivity index (χ3v) is 3.41. The predicted molar refractivity (Wildman–Crippen MR) is 76.5 cm³/mol. The summed E-state index contributed by atoms with van der Waals surface area (Å²) in [6.45, 7) is -0.205. The molecule has 1 saturated carbocycles. The van der Waals surface area contributed by atoms with Gasteiger partial charge in [0.25, 0.3) is 0 Å². The topological polar surface area (TPSA) is 72.5 Å². The van der Waals surface area contributed by atoms with Gasteiger partial charge in [0.1, 0.15) is 0 Å². The Kier molecular flexibility index (Phi) is 5.46. The van der Waals surface area contributed by atoms with Crippen molar-refractivity contribution in [3.63, 3.8) is 0 Å². The van der Waals surface area contributed by atoms with Crippen molar-refractivity contribution in [2.45, 2.75) is 32.0 Å². The van der Waals surface area contributed by atoms with Gasteiger partial charge in [-0.1, -0.05) is 12.5 Å². The number of nitrogens with two attached hydrogens (primary N) is 1. The summed E-state index contributed by atoms with van der Waals surface area (Å²) in [6.07, 6.45) is 0.782. The molecular formula is C14H19F3N4O. The predicted octanol–water partition coefficient (Wildman–Crippen LogP) is 2.23. The van der Waals surface area contributed by atoms with Crippen LogP contribution in [0.1, 0.15) is 24.8 Å². The van der Waals surface area contributed by atoms with Crippen LogP contribution in [0.4, 0.5) is 13.2 Å². The zero-order valence-electron chi connectivity index (χ0n) is 12.1. The second-order valence-electron chi connectivity index (χ2n) is 5.29. The molecule has 1 aromatic rings. The SMILES string of the molecule is NC(=NCc1ccc(OCC(F)(F)F)nc1)NCC1CCC1. The molecule has 0 unspecified atom stereocenters. The monoisotopic (exact) mass is 316 g/mol. The molecule has 122 valence electrons. The Morgan fingerprint density at radius 1 is 1.41 bits per heavy atom. The Morgan fingerprint density at radius 2 is 2.18 bits per heavy atom. The molecule has 0 aliphatic heterocycles. The van der Waals surface area contributed by atoms with E-state index in [2.05, 4.69) is 20.0 Å². The molecule has 0 saturated heterocycles. The first kappa shape index (κ1) is 16.4. The molecule has 1 fully saturated rings. The fourth-order valence-corrected chi connectivity index (χ4v) is 1.92. The van der Waals surface area contributed by atoms with Crippen LogP contribution in [0.3, 0.4) is 0 Å². The number of alkyl halides is 3. The third-order valence-electron chi connectivity index (χ3n) is 3.41. The maximum absolute atomic E-state index is 12.0. The van der Waals surface area contributed by atoms with Crippen molar-refractivity contribution >= 4 is 5.96 Å². The summed E-state index contributed by atoms with van der Waals surface area (Å²) in [7, 11) is 0. The van der Waals surface area contributed by atoms with Gasteiger partial charge in [0.2, 0.25) is 5.88 Å². The van der Waals surface area contributed by atoms with Crippen molar-refractivity contribution in [3.8, 4) is 5.88 Å². The van der Waals surface area contributed by atoms with Gasteiger partial charge in [-0.05, 0) is 24.3 Å². The second-order valence-corrected chi connectivity index (χ2v) is 5.29. The first-order valence-electron chi connectivity index (χ1n) is 7.10. The van der Waals surface area contributed by atoms with Crippen LogP contribution in [0.15, 0.2) is 23.3 Å². The van der Waals surface area contributed by atoms with Crippen molar-refractivity contribution in [1.82, 2.24) is 10.3 Å². The molecule has 0 aromatic carbocycles. The van der Waals surface area contributed by atoms with Gasteiger partial charge in [0.05, 0.1) is 6.54 Å². The van der Waals surface area contributed by atoms with Crippen LogP contribution in [-0.4, -0.2) is 30.3 Å². The fourth-order valence-electron chi connectivity index (χ4n) is 1.92.